The number of nitrogens with zero attached hydrogens (tertiary/aromatic N) is 3. The van der Waals surface area contributed by atoms with E-state index in [1.165, 1.54) is 39.3 Å². The van der Waals surface area contributed by atoms with Crippen LogP contribution in [0.2, 0.25) is 5.02 Å². The number of thioether (sulfide) groups is 1. The minimum absolute atomic E-state index is 0.0327. The lowest BCUT2D eigenvalue weighted by atomic mass is 10.00. The number of amides is 1. The highest BCUT2D eigenvalue weighted by molar-refractivity contribution is 9.10. The van der Waals surface area contributed by atoms with Crippen LogP contribution in [0, 0.1) is 0 Å². The lowest BCUT2D eigenvalue weighted by molar-refractivity contribution is -0.132. The summed E-state index contributed by atoms with van der Waals surface area (Å²) in [5.74, 6) is -1.07. The molecule has 35 heavy (non-hydrogen) atoms. The number of rotatable bonds is 6. The lowest BCUT2D eigenvalue weighted by Crippen LogP contribution is -2.29. The molecular formula is C24H15BrClN3O3S3. The van der Waals surface area contributed by atoms with E-state index in [1.807, 2.05) is 41.8 Å². The molecule has 11 heteroatoms. The number of hydrogen-bond acceptors (Lipinski definition) is 8. The summed E-state index contributed by atoms with van der Waals surface area (Å²) in [5.41, 5.74) is 1.55. The van der Waals surface area contributed by atoms with E-state index in [0.717, 1.165) is 14.9 Å². The third-order valence-corrected chi connectivity index (χ3v) is 9.08. The molecule has 1 saturated heterocycles. The molecule has 1 aliphatic heterocycles. The van der Waals surface area contributed by atoms with Gasteiger partial charge in [0, 0.05) is 25.7 Å². The summed E-state index contributed by atoms with van der Waals surface area (Å²) < 4.78 is 1.50. The summed E-state index contributed by atoms with van der Waals surface area (Å²) in [5, 5.41) is 22.4. The first-order chi connectivity index (χ1) is 16.9. The van der Waals surface area contributed by atoms with Gasteiger partial charge in [0.05, 0.1) is 5.57 Å². The average Bonchev–Trinajstić information content (AvgIpc) is 3.60. The molecular weight excluding hydrogens is 590 g/mol. The quantitative estimate of drug-likeness (QED) is 0.0845. The Kier molecular flexibility index (Phi) is 7.08. The number of thiophene rings is 1. The maximum Gasteiger partial charge on any atom is 0.301 e. The van der Waals surface area contributed by atoms with E-state index in [9.17, 15) is 14.7 Å². The van der Waals surface area contributed by atoms with Gasteiger partial charge in [-0.3, -0.25) is 14.5 Å². The van der Waals surface area contributed by atoms with Crippen LogP contribution in [-0.2, 0) is 15.3 Å². The van der Waals surface area contributed by atoms with Crippen molar-refractivity contribution in [1.82, 2.24) is 10.2 Å². The first-order valence-electron chi connectivity index (χ1n) is 10.2. The highest BCUT2D eigenvalue weighted by atomic mass is 79.9. The van der Waals surface area contributed by atoms with Gasteiger partial charge in [-0.05, 0) is 41.3 Å². The van der Waals surface area contributed by atoms with Crippen molar-refractivity contribution in [3.8, 4) is 0 Å². The molecule has 1 N–H and O–H groups in total. The summed E-state index contributed by atoms with van der Waals surface area (Å²) >= 11 is 13.4. The number of Topliss-reactive ketones (excluding diaryl/α,β-unsaturated/α-hetero) is 1. The Bertz CT molecular complexity index is 1420. The SMILES string of the molecule is O=C1C(=O)N(c2nnc(SCc3ccc(Cl)cc3)s2)C(c2cccs2)/C1=C(/O)c1ccc(Br)cc1. The molecule has 1 fully saturated rings. The fraction of sp³-hybridized carbons (Fsp3) is 0.0833. The topological polar surface area (TPSA) is 83.4 Å². The van der Waals surface area contributed by atoms with Gasteiger partial charge in [-0.15, -0.1) is 21.5 Å². The van der Waals surface area contributed by atoms with E-state index in [1.54, 1.807) is 24.3 Å². The fourth-order valence-corrected chi connectivity index (χ4v) is 6.63. The van der Waals surface area contributed by atoms with Gasteiger partial charge in [0.15, 0.2) is 4.34 Å². The highest BCUT2D eigenvalue weighted by Gasteiger charge is 2.48. The molecule has 4 aromatic rings. The highest BCUT2D eigenvalue weighted by Crippen LogP contribution is 2.45. The van der Waals surface area contributed by atoms with Crippen molar-refractivity contribution >= 4 is 84.5 Å². The number of aliphatic hydroxyl groups is 1. The first kappa shape index (κ1) is 24.2. The lowest BCUT2D eigenvalue weighted by Gasteiger charge is -2.20. The monoisotopic (exact) mass is 603 g/mol. The zero-order valence-corrected chi connectivity index (χ0v) is 22.5. The first-order valence-corrected chi connectivity index (χ1v) is 14.1. The molecule has 2 aromatic carbocycles. The van der Waals surface area contributed by atoms with E-state index < -0.39 is 17.7 Å². The van der Waals surface area contributed by atoms with E-state index in [4.69, 9.17) is 11.6 Å². The molecule has 0 radical (unpaired) electrons. The average molecular weight is 605 g/mol. The summed E-state index contributed by atoms with van der Waals surface area (Å²) in [4.78, 5) is 28.4. The second-order valence-electron chi connectivity index (χ2n) is 7.46. The van der Waals surface area contributed by atoms with Gasteiger partial charge in [-0.25, -0.2) is 0 Å². The summed E-state index contributed by atoms with van der Waals surface area (Å²) in [6.45, 7) is 0. The van der Waals surface area contributed by atoms with Crippen LogP contribution < -0.4 is 4.90 Å². The number of carbonyl (C=O) groups is 2. The van der Waals surface area contributed by atoms with Crippen molar-refractivity contribution in [2.24, 2.45) is 0 Å². The minimum atomic E-state index is -0.791. The molecule has 1 atom stereocenters. The van der Waals surface area contributed by atoms with Crippen molar-refractivity contribution in [3.05, 3.63) is 97.1 Å². The van der Waals surface area contributed by atoms with Crippen LogP contribution in [0.25, 0.3) is 5.76 Å². The Morgan fingerprint density at radius 3 is 2.51 bits per heavy atom. The molecule has 0 aliphatic carbocycles. The molecule has 2 aromatic heterocycles. The van der Waals surface area contributed by atoms with Gasteiger partial charge in [-0.1, -0.05) is 81.0 Å². The molecule has 6 nitrogen and oxygen atoms in total. The van der Waals surface area contributed by atoms with Crippen LogP contribution >= 0.6 is 62.0 Å². The third-order valence-electron chi connectivity index (χ3n) is 5.25. The Hall–Kier alpha value is -2.50. The maximum atomic E-state index is 13.2. The number of aliphatic hydroxyl groups excluding tert-OH is 1. The standard InChI is InChI=1S/C24H15BrClN3O3S3/c25-15-7-5-14(6-8-15)20(30)18-19(17-2-1-11-33-17)29(22(32)21(18)31)23-27-28-24(35-23)34-12-13-3-9-16(26)10-4-13/h1-11,19,30H,12H2/b20-18-. The zero-order chi connectivity index (χ0) is 24.5. The summed E-state index contributed by atoms with van der Waals surface area (Å²) in [7, 11) is 0. The molecule has 0 bridgehead atoms. The van der Waals surface area contributed by atoms with E-state index >= 15 is 0 Å². The molecule has 3 heterocycles. The predicted octanol–water partition coefficient (Wildman–Crippen LogP) is 6.93. The summed E-state index contributed by atoms with van der Waals surface area (Å²) in [6, 6.07) is 17.3. The molecule has 1 amide bonds. The van der Waals surface area contributed by atoms with E-state index in [0.29, 0.717) is 25.8 Å². The number of hydrogen-bond donors (Lipinski definition) is 1. The van der Waals surface area contributed by atoms with Crippen molar-refractivity contribution in [2.75, 3.05) is 4.90 Å². The third kappa shape index (κ3) is 4.94. The van der Waals surface area contributed by atoms with Gasteiger partial charge in [0.25, 0.3) is 5.78 Å². The zero-order valence-electron chi connectivity index (χ0n) is 17.7. The maximum absolute atomic E-state index is 13.2. The smallest absolute Gasteiger partial charge is 0.301 e. The van der Waals surface area contributed by atoms with Crippen LogP contribution in [-0.4, -0.2) is 27.0 Å². The van der Waals surface area contributed by atoms with Crippen molar-refractivity contribution < 1.29 is 14.7 Å². The van der Waals surface area contributed by atoms with Gasteiger partial charge >= 0.3 is 5.91 Å². The second-order valence-corrected chi connectivity index (χ2v) is 12.0. The van der Waals surface area contributed by atoms with Gasteiger partial charge in [0.1, 0.15) is 11.8 Å². The fourth-order valence-electron chi connectivity index (χ4n) is 3.59. The van der Waals surface area contributed by atoms with E-state index in [2.05, 4.69) is 26.1 Å². The number of ketones is 1. The van der Waals surface area contributed by atoms with Crippen LogP contribution in [0.1, 0.15) is 22.0 Å². The van der Waals surface area contributed by atoms with Crippen LogP contribution in [0.15, 0.2) is 80.4 Å². The Morgan fingerprint density at radius 1 is 1.09 bits per heavy atom. The Labute approximate surface area is 226 Å². The number of carbonyl (C=O) groups excluding carboxylic acids is 2. The number of benzene rings is 2. The van der Waals surface area contributed by atoms with Gasteiger partial charge < -0.3 is 5.11 Å². The van der Waals surface area contributed by atoms with Gasteiger partial charge in [0.2, 0.25) is 5.13 Å². The number of anilines is 1. The van der Waals surface area contributed by atoms with Crippen molar-refractivity contribution in [2.45, 2.75) is 16.1 Å². The minimum Gasteiger partial charge on any atom is -0.507 e. The molecule has 1 aliphatic rings. The van der Waals surface area contributed by atoms with Gasteiger partial charge in [-0.2, -0.15) is 0 Å². The van der Waals surface area contributed by atoms with Crippen molar-refractivity contribution in [3.63, 3.8) is 0 Å². The predicted molar refractivity (Wildman–Crippen MR) is 144 cm³/mol. The van der Waals surface area contributed by atoms with E-state index in [-0.39, 0.29) is 11.3 Å². The summed E-state index contributed by atoms with van der Waals surface area (Å²) in [6.07, 6.45) is 0. The van der Waals surface area contributed by atoms with Crippen LogP contribution in [0.4, 0.5) is 5.13 Å². The second kappa shape index (κ2) is 10.2. The Morgan fingerprint density at radius 2 is 1.83 bits per heavy atom. The molecule has 1 unspecified atom stereocenters. The normalized spacial score (nSPS) is 17.3. The number of halogens is 2. The molecule has 5 rings (SSSR count). The molecule has 0 saturated carbocycles. The number of aromatic nitrogens is 2. The largest absolute Gasteiger partial charge is 0.507 e. The van der Waals surface area contributed by atoms with Crippen LogP contribution in [0.5, 0.6) is 0 Å². The Balaban J connectivity index is 1.49. The molecule has 176 valence electrons. The molecule has 0 spiro atoms. The van der Waals surface area contributed by atoms with Crippen LogP contribution in [0.3, 0.4) is 0 Å². The van der Waals surface area contributed by atoms with Crippen molar-refractivity contribution in [1.29, 1.82) is 0 Å².